The van der Waals surface area contributed by atoms with Gasteiger partial charge in [0.05, 0.1) is 18.4 Å². The minimum absolute atomic E-state index is 0.212. The van der Waals surface area contributed by atoms with Gasteiger partial charge in [0.25, 0.3) is 0 Å². The maximum absolute atomic E-state index is 13.1. The summed E-state index contributed by atoms with van der Waals surface area (Å²) < 4.78 is 20.3. The first-order valence-corrected chi connectivity index (χ1v) is 5.97. The van der Waals surface area contributed by atoms with Crippen molar-refractivity contribution < 1.29 is 13.9 Å². The summed E-state index contributed by atoms with van der Waals surface area (Å²) in [6.45, 7) is 1.81. The number of rotatable bonds is 5. The van der Waals surface area contributed by atoms with E-state index in [4.69, 9.17) is 4.74 Å². The highest BCUT2D eigenvalue weighted by Gasteiger charge is 2.10. The molecule has 2 rings (SSSR count). The molecule has 0 atom stereocenters. The summed E-state index contributed by atoms with van der Waals surface area (Å²) in [5.41, 5.74) is 1.32. The van der Waals surface area contributed by atoms with Crippen molar-refractivity contribution in [3.05, 3.63) is 47.5 Å². The van der Waals surface area contributed by atoms with Crippen LogP contribution >= 0.6 is 0 Å². The van der Waals surface area contributed by atoms with Crippen molar-refractivity contribution in [1.82, 2.24) is 9.78 Å². The molecule has 0 saturated heterocycles. The van der Waals surface area contributed by atoms with Crippen molar-refractivity contribution in [2.24, 2.45) is 7.05 Å². The SMILES string of the molecule is CC(=O)c1cc(F)ccc1OCCc1cnn(C)c1. The Bertz CT molecular complexity index is 593. The molecule has 1 aromatic heterocycles. The standard InChI is InChI=1S/C14H15FN2O2/c1-10(18)13-7-12(15)3-4-14(13)19-6-5-11-8-16-17(2)9-11/h3-4,7-9H,5-6H2,1-2H3. The second-order valence-electron chi connectivity index (χ2n) is 4.32. The molecule has 19 heavy (non-hydrogen) atoms. The topological polar surface area (TPSA) is 44.1 Å². The number of hydrogen-bond donors (Lipinski definition) is 0. The number of ether oxygens (including phenoxy) is 1. The second kappa shape index (κ2) is 5.65. The average molecular weight is 262 g/mol. The number of carbonyl (C=O) groups is 1. The van der Waals surface area contributed by atoms with E-state index in [-0.39, 0.29) is 11.3 Å². The molecule has 4 nitrogen and oxygen atoms in total. The first-order valence-electron chi connectivity index (χ1n) is 5.97. The number of nitrogens with zero attached hydrogens (tertiary/aromatic N) is 2. The molecule has 0 saturated carbocycles. The van der Waals surface area contributed by atoms with Gasteiger partial charge in [0.15, 0.2) is 5.78 Å². The fourth-order valence-corrected chi connectivity index (χ4v) is 1.78. The second-order valence-corrected chi connectivity index (χ2v) is 4.32. The van der Waals surface area contributed by atoms with Crippen LogP contribution in [-0.2, 0) is 13.5 Å². The summed E-state index contributed by atoms with van der Waals surface area (Å²) in [4.78, 5) is 11.4. The third-order valence-corrected chi connectivity index (χ3v) is 2.73. The van der Waals surface area contributed by atoms with Gasteiger partial charge in [-0.1, -0.05) is 0 Å². The Morgan fingerprint density at radius 2 is 2.26 bits per heavy atom. The maximum atomic E-state index is 13.1. The van der Waals surface area contributed by atoms with Gasteiger partial charge in [-0.3, -0.25) is 9.48 Å². The van der Waals surface area contributed by atoms with Crippen LogP contribution in [-0.4, -0.2) is 22.2 Å². The van der Waals surface area contributed by atoms with Crippen molar-refractivity contribution in [3.8, 4) is 5.75 Å². The fraction of sp³-hybridized carbons (Fsp3) is 0.286. The Hall–Kier alpha value is -2.17. The molecular weight excluding hydrogens is 247 g/mol. The van der Waals surface area contributed by atoms with Crippen molar-refractivity contribution in [2.75, 3.05) is 6.61 Å². The van der Waals surface area contributed by atoms with Gasteiger partial charge in [-0.2, -0.15) is 5.10 Å². The quantitative estimate of drug-likeness (QED) is 0.777. The zero-order chi connectivity index (χ0) is 13.8. The summed E-state index contributed by atoms with van der Waals surface area (Å²) in [7, 11) is 1.85. The molecule has 0 bridgehead atoms. The number of carbonyl (C=O) groups excluding carboxylic acids is 1. The van der Waals surface area contributed by atoms with E-state index >= 15 is 0 Å². The maximum Gasteiger partial charge on any atom is 0.163 e. The highest BCUT2D eigenvalue weighted by atomic mass is 19.1. The van der Waals surface area contributed by atoms with E-state index in [0.717, 1.165) is 5.56 Å². The lowest BCUT2D eigenvalue weighted by molar-refractivity contribution is 0.101. The van der Waals surface area contributed by atoms with Gasteiger partial charge < -0.3 is 4.74 Å². The van der Waals surface area contributed by atoms with E-state index in [0.29, 0.717) is 18.8 Å². The molecule has 0 spiro atoms. The van der Waals surface area contributed by atoms with Crippen LogP contribution in [0.15, 0.2) is 30.6 Å². The van der Waals surface area contributed by atoms with E-state index in [1.165, 1.54) is 25.1 Å². The molecule has 0 aliphatic rings. The Labute approximate surface area is 110 Å². The molecule has 0 amide bonds. The summed E-state index contributed by atoms with van der Waals surface area (Å²) in [6, 6.07) is 3.96. The van der Waals surface area contributed by atoms with Crippen LogP contribution in [0.5, 0.6) is 5.75 Å². The molecule has 0 unspecified atom stereocenters. The van der Waals surface area contributed by atoms with Crippen LogP contribution in [0.2, 0.25) is 0 Å². The highest BCUT2D eigenvalue weighted by molar-refractivity contribution is 5.96. The Kier molecular flexibility index (Phi) is 3.94. The number of aromatic nitrogens is 2. The molecule has 0 fully saturated rings. The minimum atomic E-state index is -0.440. The molecule has 1 heterocycles. The predicted molar refractivity (Wildman–Crippen MR) is 68.8 cm³/mol. The van der Waals surface area contributed by atoms with E-state index in [9.17, 15) is 9.18 Å². The van der Waals surface area contributed by atoms with Gasteiger partial charge in [0.2, 0.25) is 0 Å². The zero-order valence-electron chi connectivity index (χ0n) is 10.9. The van der Waals surface area contributed by atoms with Crippen molar-refractivity contribution in [3.63, 3.8) is 0 Å². The number of aryl methyl sites for hydroxylation is 1. The van der Waals surface area contributed by atoms with Gasteiger partial charge in [0.1, 0.15) is 11.6 Å². The normalized spacial score (nSPS) is 10.5. The lowest BCUT2D eigenvalue weighted by Crippen LogP contribution is -2.05. The van der Waals surface area contributed by atoms with Gasteiger partial charge >= 0.3 is 0 Å². The summed E-state index contributed by atoms with van der Waals surface area (Å²) in [5.74, 6) is -0.238. The van der Waals surface area contributed by atoms with Crippen LogP contribution in [0.1, 0.15) is 22.8 Å². The van der Waals surface area contributed by atoms with E-state index in [2.05, 4.69) is 5.10 Å². The lowest BCUT2D eigenvalue weighted by Gasteiger charge is -2.09. The lowest BCUT2D eigenvalue weighted by atomic mass is 10.1. The minimum Gasteiger partial charge on any atom is -0.492 e. The fourth-order valence-electron chi connectivity index (χ4n) is 1.78. The largest absolute Gasteiger partial charge is 0.492 e. The van der Waals surface area contributed by atoms with Crippen LogP contribution in [0.4, 0.5) is 4.39 Å². The monoisotopic (exact) mass is 262 g/mol. The van der Waals surface area contributed by atoms with E-state index < -0.39 is 5.82 Å². The summed E-state index contributed by atoms with van der Waals surface area (Å²) in [6.07, 6.45) is 4.35. The van der Waals surface area contributed by atoms with Crippen molar-refractivity contribution in [2.45, 2.75) is 13.3 Å². The molecule has 1 aromatic carbocycles. The van der Waals surface area contributed by atoms with Crippen LogP contribution in [0.25, 0.3) is 0 Å². The number of hydrogen-bond acceptors (Lipinski definition) is 3. The summed E-state index contributed by atoms with van der Waals surface area (Å²) >= 11 is 0. The van der Waals surface area contributed by atoms with E-state index in [1.54, 1.807) is 10.9 Å². The molecule has 2 aromatic rings. The molecule has 0 radical (unpaired) electrons. The number of ketones is 1. The molecule has 0 N–H and O–H groups in total. The molecule has 0 aliphatic heterocycles. The Morgan fingerprint density at radius 3 is 2.89 bits per heavy atom. The van der Waals surface area contributed by atoms with Crippen LogP contribution in [0.3, 0.4) is 0 Å². The third kappa shape index (κ3) is 3.40. The molecule has 5 heteroatoms. The zero-order valence-corrected chi connectivity index (χ0v) is 10.9. The third-order valence-electron chi connectivity index (χ3n) is 2.73. The highest BCUT2D eigenvalue weighted by Crippen LogP contribution is 2.20. The summed E-state index contributed by atoms with van der Waals surface area (Å²) in [5, 5.41) is 4.06. The van der Waals surface area contributed by atoms with Gasteiger partial charge in [-0.15, -0.1) is 0 Å². The van der Waals surface area contributed by atoms with Gasteiger partial charge in [-0.25, -0.2) is 4.39 Å². The average Bonchev–Trinajstić information content (AvgIpc) is 2.77. The smallest absolute Gasteiger partial charge is 0.163 e. The van der Waals surface area contributed by atoms with Gasteiger partial charge in [0, 0.05) is 19.7 Å². The van der Waals surface area contributed by atoms with Gasteiger partial charge in [-0.05, 0) is 30.7 Å². The number of halogens is 1. The number of Topliss-reactive ketones (excluding diaryl/α,β-unsaturated/α-hetero) is 1. The van der Waals surface area contributed by atoms with Crippen LogP contribution < -0.4 is 4.74 Å². The van der Waals surface area contributed by atoms with Crippen molar-refractivity contribution in [1.29, 1.82) is 0 Å². The van der Waals surface area contributed by atoms with E-state index in [1.807, 2.05) is 13.2 Å². The van der Waals surface area contributed by atoms with Crippen LogP contribution in [0, 0.1) is 5.82 Å². The Balaban J connectivity index is 2.01. The molecular formula is C14H15FN2O2. The predicted octanol–water partition coefficient (Wildman–Crippen LogP) is 2.38. The van der Waals surface area contributed by atoms with Crippen molar-refractivity contribution >= 4 is 5.78 Å². The first kappa shape index (κ1) is 13.3. The Morgan fingerprint density at radius 1 is 1.47 bits per heavy atom. The molecule has 100 valence electrons. The molecule has 0 aliphatic carbocycles. The number of benzene rings is 1. The first-order chi connectivity index (χ1) is 9.06.